The van der Waals surface area contributed by atoms with Crippen molar-refractivity contribution in [1.82, 2.24) is 20.5 Å². The number of rotatable bonds is 4. The van der Waals surface area contributed by atoms with Gasteiger partial charge >= 0.3 is 0 Å². The fourth-order valence-electron chi connectivity index (χ4n) is 1.67. The maximum atomic E-state index is 12.1. The quantitative estimate of drug-likeness (QED) is 0.759. The highest BCUT2D eigenvalue weighted by molar-refractivity contribution is 5.99. The second kappa shape index (κ2) is 5.31. The highest BCUT2D eigenvalue weighted by atomic mass is 16.1. The molecule has 1 heterocycles. The van der Waals surface area contributed by atoms with Crippen LogP contribution in [0.1, 0.15) is 29.1 Å². The van der Waals surface area contributed by atoms with Crippen LogP contribution in [0.4, 0.5) is 5.69 Å². The first kappa shape index (κ1) is 12.1. The molecular formula is C12H15N5O. The molecule has 94 valence electrons. The second-order valence-corrected chi connectivity index (χ2v) is 3.86. The summed E-state index contributed by atoms with van der Waals surface area (Å²) in [6, 6.07) is 7.12. The average molecular weight is 245 g/mol. The Morgan fingerprint density at radius 2 is 2.17 bits per heavy atom. The van der Waals surface area contributed by atoms with Crippen molar-refractivity contribution in [3.63, 3.8) is 0 Å². The Morgan fingerprint density at radius 1 is 1.39 bits per heavy atom. The normalized spacial score (nSPS) is 11.9. The van der Waals surface area contributed by atoms with E-state index in [1.165, 1.54) is 6.33 Å². The van der Waals surface area contributed by atoms with Crippen molar-refractivity contribution in [3.8, 4) is 0 Å². The maximum Gasteiger partial charge on any atom is 0.253 e. The molecule has 0 spiro atoms. The molecule has 1 aromatic carbocycles. The number of hydrogen-bond donors (Lipinski definition) is 3. The van der Waals surface area contributed by atoms with Gasteiger partial charge in [-0.2, -0.15) is 5.10 Å². The smallest absolute Gasteiger partial charge is 0.253 e. The standard InChI is InChI=1S/C12H15N5O/c1-8(11-14-7-15-17-11)16-12(18)9-5-3-4-6-10(9)13-2/h3-8,13H,1-2H3,(H,16,18)(H,14,15,17). The number of carbonyl (C=O) groups is 1. The maximum absolute atomic E-state index is 12.1. The molecule has 18 heavy (non-hydrogen) atoms. The molecule has 0 fully saturated rings. The van der Waals surface area contributed by atoms with E-state index in [-0.39, 0.29) is 11.9 Å². The van der Waals surface area contributed by atoms with Crippen molar-refractivity contribution in [2.45, 2.75) is 13.0 Å². The van der Waals surface area contributed by atoms with Crippen molar-refractivity contribution >= 4 is 11.6 Å². The molecule has 0 saturated heterocycles. The van der Waals surface area contributed by atoms with E-state index in [9.17, 15) is 4.79 Å². The van der Waals surface area contributed by atoms with Crippen molar-refractivity contribution in [2.24, 2.45) is 0 Å². The molecule has 0 radical (unpaired) electrons. The summed E-state index contributed by atoms with van der Waals surface area (Å²) in [5.74, 6) is 0.481. The van der Waals surface area contributed by atoms with Crippen molar-refractivity contribution in [3.05, 3.63) is 42.0 Å². The SMILES string of the molecule is CNc1ccccc1C(=O)NC(C)c1ncn[nH]1. The van der Waals surface area contributed by atoms with E-state index in [2.05, 4.69) is 25.8 Å². The molecule has 0 aliphatic rings. The lowest BCUT2D eigenvalue weighted by Crippen LogP contribution is -2.28. The number of benzene rings is 1. The number of carbonyl (C=O) groups excluding carboxylic acids is 1. The van der Waals surface area contributed by atoms with Gasteiger partial charge in [0.25, 0.3) is 5.91 Å². The molecule has 3 N–H and O–H groups in total. The zero-order valence-electron chi connectivity index (χ0n) is 10.3. The fourth-order valence-corrected chi connectivity index (χ4v) is 1.67. The predicted molar refractivity (Wildman–Crippen MR) is 68.3 cm³/mol. The van der Waals surface area contributed by atoms with E-state index in [4.69, 9.17) is 0 Å². The highest BCUT2D eigenvalue weighted by Crippen LogP contribution is 2.15. The Balaban J connectivity index is 2.12. The molecule has 1 atom stereocenters. The lowest BCUT2D eigenvalue weighted by molar-refractivity contribution is 0.0939. The van der Waals surface area contributed by atoms with E-state index in [0.29, 0.717) is 11.4 Å². The summed E-state index contributed by atoms with van der Waals surface area (Å²) in [5, 5.41) is 12.3. The number of nitrogens with one attached hydrogen (secondary N) is 3. The number of aromatic amines is 1. The molecule has 6 heteroatoms. The van der Waals surface area contributed by atoms with E-state index in [1.807, 2.05) is 25.1 Å². The predicted octanol–water partition coefficient (Wildman–Crippen LogP) is 1.34. The van der Waals surface area contributed by atoms with Gasteiger partial charge in [0.2, 0.25) is 0 Å². The number of hydrogen-bond acceptors (Lipinski definition) is 4. The summed E-state index contributed by atoms with van der Waals surface area (Å²) < 4.78 is 0. The number of amides is 1. The van der Waals surface area contributed by atoms with Gasteiger partial charge in [-0.25, -0.2) is 4.98 Å². The van der Waals surface area contributed by atoms with E-state index < -0.39 is 0 Å². The summed E-state index contributed by atoms with van der Waals surface area (Å²) in [6.07, 6.45) is 1.42. The second-order valence-electron chi connectivity index (χ2n) is 3.86. The zero-order chi connectivity index (χ0) is 13.0. The molecular weight excluding hydrogens is 230 g/mol. The summed E-state index contributed by atoms with van der Waals surface area (Å²) in [7, 11) is 1.78. The van der Waals surface area contributed by atoms with Gasteiger partial charge in [0.1, 0.15) is 12.2 Å². The first-order chi connectivity index (χ1) is 8.72. The fraction of sp³-hybridized carbons (Fsp3) is 0.250. The van der Waals surface area contributed by atoms with Crippen LogP contribution in [0.2, 0.25) is 0 Å². The summed E-state index contributed by atoms with van der Waals surface area (Å²) >= 11 is 0. The van der Waals surface area contributed by atoms with Crippen molar-refractivity contribution in [1.29, 1.82) is 0 Å². The zero-order valence-corrected chi connectivity index (χ0v) is 10.3. The van der Waals surface area contributed by atoms with Crippen LogP contribution in [0.15, 0.2) is 30.6 Å². The third-order valence-electron chi connectivity index (χ3n) is 2.63. The minimum atomic E-state index is -0.218. The van der Waals surface area contributed by atoms with Crippen LogP contribution in [0.25, 0.3) is 0 Å². The Labute approximate surface area is 105 Å². The van der Waals surface area contributed by atoms with Crippen molar-refractivity contribution < 1.29 is 4.79 Å². The molecule has 2 aromatic rings. The molecule has 2 rings (SSSR count). The summed E-state index contributed by atoms with van der Waals surface area (Å²) in [4.78, 5) is 16.1. The summed E-state index contributed by atoms with van der Waals surface area (Å²) in [6.45, 7) is 1.85. The van der Waals surface area contributed by atoms with Gasteiger partial charge in [0.05, 0.1) is 11.6 Å². The minimum Gasteiger partial charge on any atom is -0.387 e. The van der Waals surface area contributed by atoms with Crippen molar-refractivity contribution in [2.75, 3.05) is 12.4 Å². The molecule has 0 aliphatic carbocycles. The van der Waals surface area contributed by atoms with Gasteiger partial charge in [-0.15, -0.1) is 0 Å². The topological polar surface area (TPSA) is 82.7 Å². The highest BCUT2D eigenvalue weighted by Gasteiger charge is 2.15. The summed E-state index contributed by atoms with van der Waals surface area (Å²) in [5.41, 5.74) is 1.39. The average Bonchev–Trinajstić information content (AvgIpc) is 2.92. The van der Waals surface area contributed by atoms with Gasteiger partial charge in [0, 0.05) is 12.7 Å². The number of H-pyrrole nitrogens is 1. The van der Waals surface area contributed by atoms with Gasteiger partial charge in [-0.3, -0.25) is 9.89 Å². The number of anilines is 1. The van der Waals surface area contributed by atoms with E-state index in [1.54, 1.807) is 13.1 Å². The van der Waals surface area contributed by atoms with Crippen LogP contribution in [0.5, 0.6) is 0 Å². The monoisotopic (exact) mass is 245 g/mol. The van der Waals surface area contributed by atoms with E-state index >= 15 is 0 Å². The van der Waals surface area contributed by atoms with Crippen LogP contribution in [0.3, 0.4) is 0 Å². The molecule has 1 unspecified atom stereocenters. The van der Waals surface area contributed by atoms with Crippen LogP contribution >= 0.6 is 0 Å². The first-order valence-electron chi connectivity index (χ1n) is 5.65. The molecule has 0 saturated carbocycles. The molecule has 0 bridgehead atoms. The third-order valence-corrected chi connectivity index (χ3v) is 2.63. The third kappa shape index (κ3) is 2.48. The Kier molecular flexibility index (Phi) is 3.57. The molecule has 0 aliphatic heterocycles. The van der Waals surface area contributed by atoms with Gasteiger partial charge in [-0.05, 0) is 19.1 Å². The first-order valence-corrected chi connectivity index (χ1v) is 5.65. The minimum absolute atomic E-state index is 0.149. The largest absolute Gasteiger partial charge is 0.387 e. The molecule has 6 nitrogen and oxygen atoms in total. The van der Waals surface area contributed by atoms with Crippen LogP contribution in [-0.4, -0.2) is 28.1 Å². The van der Waals surface area contributed by atoms with Gasteiger partial charge in [0.15, 0.2) is 0 Å². The lowest BCUT2D eigenvalue weighted by atomic mass is 10.1. The van der Waals surface area contributed by atoms with Crippen LogP contribution in [-0.2, 0) is 0 Å². The number of nitrogens with zero attached hydrogens (tertiary/aromatic N) is 2. The van der Waals surface area contributed by atoms with Crippen LogP contribution < -0.4 is 10.6 Å². The molecule has 1 amide bonds. The Morgan fingerprint density at radius 3 is 2.83 bits per heavy atom. The number of para-hydroxylation sites is 1. The lowest BCUT2D eigenvalue weighted by Gasteiger charge is -2.13. The number of aromatic nitrogens is 3. The van der Waals surface area contributed by atoms with E-state index in [0.717, 1.165) is 5.69 Å². The Bertz CT molecular complexity index is 523. The van der Waals surface area contributed by atoms with Gasteiger partial charge < -0.3 is 10.6 Å². The van der Waals surface area contributed by atoms with Crippen LogP contribution in [0, 0.1) is 0 Å². The Hall–Kier alpha value is -2.37. The molecule has 1 aromatic heterocycles. The van der Waals surface area contributed by atoms with Gasteiger partial charge in [-0.1, -0.05) is 12.1 Å².